The van der Waals surface area contributed by atoms with E-state index < -0.39 is 7.92 Å². The van der Waals surface area contributed by atoms with Crippen molar-refractivity contribution in [2.75, 3.05) is 6.54 Å². The molecule has 1 aliphatic rings. The molecular formula is C35H38N3OPS. The van der Waals surface area contributed by atoms with Crippen LogP contribution in [-0.4, -0.2) is 34.2 Å². The number of thiocarbonyl (C=S) groups is 1. The molecule has 6 heteroatoms. The van der Waals surface area contributed by atoms with Gasteiger partial charge in [-0.1, -0.05) is 134 Å². The van der Waals surface area contributed by atoms with Gasteiger partial charge < -0.3 is 15.5 Å². The van der Waals surface area contributed by atoms with Crippen LogP contribution < -0.4 is 21.2 Å². The predicted molar refractivity (Wildman–Crippen MR) is 176 cm³/mol. The van der Waals surface area contributed by atoms with Crippen molar-refractivity contribution in [1.29, 1.82) is 0 Å². The Kier molecular flexibility index (Phi) is 10.5. The Morgan fingerprint density at radius 1 is 0.707 bits per heavy atom. The van der Waals surface area contributed by atoms with Crippen molar-refractivity contribution >= 4 is 41.8 Å². The smallest absolute Gasteiger partial charge is 0.242 e. The van der Waals surface area contributed by atoms with Gasteiger partial charge in [0, 0.05) is 24.8 Å². The second kappa shape index (κ2) is 14.9. The molecule has 0 unspecified atom stereocenters. The van der Waals surface area contributed by atoms with Gasteiger partial charge in [0.25, 0.3) is 0 Å². The van der Waals surface area contributed by atoms with Crippen molar-refractivity contribution in [1.82, 2.24) is 15.5 Å². The van der Waals surface area contributed by atoms with Gasteiger partial charge in [0.2, 0.25) is 5.91 Å². The lowest BCUT2D eigenvalue weighted by atomic mass is 9.95. The molecule has 1 amide bonds. The molecule has 0 heterocycles. The highest BCUT2D eigenvalue weighted by Gasteiger charge is 2.34. The van der Waals surface area contributed by atoms with Crippen molar-refractivity contribution in [3.05, 3.63) is 132 Å². The van der Waals surface area contributed by atoms with Crippen LogP contribution in [0.15, 0.2) is 121 Å². The van der Waals surface area contributed by atoms with Crippen LogP contribution in [0.5, 0.6) is 0 Å². The fraction of sp³-hybridized carbons (Fsp3) is 0.257. The molecule has 0 radical (unpaired) electrons. The maximum atomic E-state index is 13.5. The molecular weight excluding hydrogens is 541 g/mol. The SMILES string of the molecule is O=C(CNC(=S)N[C@@H]1CCCC[C@H]1P(c1ccccc1)c1ccccc1)N(Cc1ccccc1)Cc1ccccc1. The Morgan fingerprint density at radius 2 is 1.17 bits per heavy atom. The zero-order valence-electron chi connectivity index (χ0n) is 23.4. The predicted octanol–water partition coefficient (Wildman–Crippen LogP) is 6.12. The third-order valence-corrected chi connectivity index (χ3v) is 10.9. The second-order valence-corrected chi connectivity index (χ2v) is 13.4. The highest BCUT2D eigenvalue weighted by molar-refractivity contribution is 7.80. The average molecular weight is 580 g/mol. The Hall–Kier alpha value is -3.53. The van der Waals surface area contributed by atoms with Crippen LogP contribution in [0.2, 0.25) is 0 Å². The van der Waals surface area contributed by atoms with Crippen LogP contribution in [0, 0.1) is 0 Å². The zero-order chi connectivity index (χ0) is 28.3. The van der Waals surface area contributed by atoms with Gasteiger partial charge in [-0.25, -0.2) is 0 Å². The van der Waals surface area contributed by atoms with E-state index in [0.29, 0.717) is 23.9 Å². The van der Waals surface area contributed by atoms with Gasteiger partial charge in [-0.05, 0) is 54.7 Å². The van der Waals surface area contributed by atoms with Gasteiger partial charge in [0.05, 0.1) is 6.54 Å². The average Bonchev–Trinajstić information content (AvgIpc) is 3.03. The number of hydrogen-bond donors (Lipinski definition) is 2. The van der Waals surface area contributed by atoms with E-state index in [1.807, 2.05) is 41.3 Å². The molecule has 2 N–H and O–H groups in total. The number of benzene rings is 4. The van der Waals surface area contributed by atoms with Crippen LogP contribution in [0.3, 0.4) is 0 Å². The molecule has 4 aromatic rings. The summed E-state index contributed by atoms with van der Waals surface area (Å²) in [7, 11) is -0.553. The van der Waals surface area contributed by atoms with E-state index in [-0.39, 0.29) is 18.5 Å². The van der Waals surface area contributed by atoms with Crippen LogP contribution in [0.25, 0.3) is 0 Å². The van der Waals surface area contributed by atoms with Crippen molar-refractivity contribution < 1.29 is 4.79 Å². The minimum Gasteiger partial charge on any atom is -0.359 e. The quantitative estimate of drug-likeness (QED) is 0.175. The summed E-state index contributed by atoms with van der Waals surface area (Å²) in [5.74, 6) is 0.0258. The van der Waals surface area contributed by atoms with Gasteiger partial charge in [0.1, 0.15) is 0 Å². The van der Waals surface area contributed by atoms with Crippen molar-refractivity contribution in [2.24, 2.45) is 0 Å². The Bertz CT molecular complexity index is 1290. The molecule has 1 saturated carbocycles. The third-order valence-electron chi connectivity index (χ3n) is 7.63. The van der Waals surface area contributed by atoms with E-state index >= 15 is 0 Å². The second-order valence-electron chi connectivity index (χ2n) is 10.5. The minimum absolute atomic E-state index is 0.0258. The largest absolute Gasteiger partial charge is 0.359 e. The standard InChI is InChI=1S/C35H38N3OPS/c39-34(38(26-28-15-5-1-6-16-28)27-29-17-7-2-8-18-29)25-36-35(41)37-32-23-13-14-24-33(32)40(30-19-9-3-10-20-30)31-21-11-4-12-22-31/h1-12,15-22,32-33H,13-14,23-27H2,(H2,36,37,41)/t32-,33-/m1/s1. The van der Waals surface area contributed by atoms with Gasteiger partial charge in [-0.3, -0.25) is 4.79 Å². The number of rotatable bonds is 10. The van der Waals surface area contributed by atoms with E-state index in [9.17, 15) is 4.79 Å². The van der Waals surface area contributed by atoms with Crippen LogP contribution in [-0.2, 0) is 17.9 Å². The summed E-state index contributed by atoms with van der Waals surface area (Å²) in [6, 6.07) is 42.4. The molecule has 4 aromatic carbocycles. The van der Waals surface area contributed by atoms with E-state index in [2.05, 4.69) is 95.6 Å². The molecule has 0 spiro atoms. The van der Waals surface area contributed by atoms with E-state index in [1.165, 1.54) is 23.5 Å². The van der Waals surface area contributed by atoms with Gasteiger partial charge in [-0.2, -0.15) is 0 Å². The number of hydrogen-bond acceptors (Lipinski definition) is 2. The lowest BCUT2D eigenvalue weighted by Gasteiger charge is -2.39. The molecule has 5 rings (SSSR count). The summed E-state index contributed by atoms with van der Waals surface area (Å²) >= 11 is 5.79. The molecule has 4 nitrogen and oxygen atoms in total. The molecule has 0 bridgehead atoms. The maximum Gasteiger partial charge on any atom is 0.242 e. The first kappa shape index (κ1) is 29.0. The van der Waals surface area contributed by atoms with Crippen molar-refractivity contribution in [2.45, 2.75) is 50.5 Å². The molecule has 0 saturated heterocycles. The lowest BCUT2D eigenvalue weighted by Crippen LogP contribution is -2.51. The summed E-state index contributed by atoms with van der Waals surface area (Å²) in [6.45, 7) is 1.27. The first-order chi connectivity index (χ1) is 20.2. The molecule has 210 valence electrons. The maximum absolute atomic E-state index is 13.5. The number of nitrogens with zero attached hydrogens (tertiary/aromatic N) is 1. The molecule has 0 aromatic heterocycles. The summed E-state index contributed by atoms with van der Waals surface area (Å²) in [4.78, 5) is 15.4. The van der Waals surface area contributed by atoms with Gasteiger partial charge >= 0.3 is 0 Å². The Morgan fingerprint density at radius 3 is 1.68 bits per heavy atom. The molecule has 1 aliphatic carbocycles. The fourth-order valence-corrected chi connectivity index (χ4v) is 8.92. The Labute approximate surface area is 250 Å². The van der Waals surface area contributed by atoms with E-state index in [4.69, 9.17) is 12.2 Å². The minimum atomic E-state index is -0.553. The van der Waals surface area contributed by atoms with E-state index in [0.717, 1.165) is 24.0 Å². The van der Waals surface area contributed by atoms with Crippen LogP contribution in [0.1, 0.15) is 36.8 Å². The third kappa shape index (κ3) is 8.25. The lowest BCUT2D eigenvalue weighted by molar-refractivity contribution is -0.131. The van der Waals surface area contributed by atoms with Crippen molar-refractivity contribution in [3.8, 4) is 0 Å². The number of amides is 1. The number of carbonyl (C=O) groups is 1. The Balaban J connectivity index is 1.25. The topological polar surface area (TPSA) is 44.4 Å². The van der Waals surface area contributed by atoms with Crippen LogP contribution in [0.4, 0.5) is 0 Å². The van der Waals surface area contributed by atoms with Crippen LogP contribution >= 0.6 is 20.1 Å². The first-order valence-electron chi connectivity index (χ1n) is 14.5. The number of carbonyl (C=O) groups excluding carboxylic acids is 1. The zero-order valence-corrected chi connectivity index (χ0v) is 25.1. The molecule has 1 fully saturated rings. The summed E-state index contributed by atoms with van der Waals surface area (Å²) < 4.78 is 0. The summed E-state index contributed by atoms with van der Waals surface area (Å²) in [5, 5.41) is 10.3. The monoisotopic (exact) mass is 579 g/mol. The fourth-order valence-electron chi connectivity index (χ4n) is 5.62. The van der Waals surface area contributed by atoms with Crippen molar-refractivity contribution in [3.63, 3.8) is 0 Å². The molecule has 41 heavy (non-hydrogen) atoms. The molecule has 0 aliphatic heterocycles. The molecule has 2 atom stereocenters. The first-order valence-corrected chi connectivity index (χ1v) is 16.3. The van der Waals surface area contributed by atoms with Gasteiger partial charge in [-0.15, -0.1) is 0 Å². The summed E-state index contributed by atoms with van der Waals surface area (Å²) in [5.41, 5.74) is 2.68. The number of nitrogens with one attached hydrogen (secondary N) is 2. The normalized spacial score (nSPS) is 16.6. The van der Waals surface area contributed by atoms with E-state index in [1.54, 1.807) is 0 Å². The summed E-state index contributed by atoms with van der Waals surface area (Å²) in [6.07, 6.45) is 4.65. The highest BCUT2D eigenvalue weighted by Crippen LogP contribution is 2.46. The highest BCUT2D eigenvalue weighted by atomic mass is 32.1. The van der Waals surface area contributed by atoms with Gasteiger partial charge in [0.15, 0.2) is 5.11 Å².